The molecular weight excluding hydrogens is 388 g/mol. The summed E-state index contributed by atoms with van der Waals surface area (Å²) in [5, 5.41) is 14.5. The van der Waals surface area contributed by atoms with E-state index in [9.17, 15) is 14.7 Å². The highest BCUT2D eigenvalue weighted by Gasteiger charge is 2.24. The summed E-state index contributed by atoms with van der Waals surface area (Å²) >= 11 is 1.18. The number of nitrogens with one attached hydrogen (secondary N) is 1. The molecule has 0 aliphatic heterocycles. The molecule has 2 N–H and O–H groups in total. The number of carbonyl (C=O) groups excluding carboxylic acids is 1. The van der Waals surface area contributed by atoms with E-state index >= 15 is 0 Å². The van der Waals surface area contributed by atoms with Crippen LogP contribution in [0.1, 0.15) is 38.6 Å². The zero-order valence-electron chi connectivity index (χ0n) is 15.3. The van der Waals surface area contributed by atoms with Crippen molar-refractivity contribution in [3.63, 3.8) is 0 Å². The number of fused-ring (bicyclic) bond motifs is 2. The van der Waals surface area contributed by atoms with Crippen LogP contribution in [0.3, 0.4) is 0 Å². The molecule has 2 aromatic heterocycles. The van der Waals surface area contributed by atoms with Gasteiger partial charge < -0.3 is 14.8 Å². The molecule has 0 bridgehead atoms. The Morgan fingerprint density at radius 2 is 1.93 bits per heavy atom. The van der Waals surface area contributed by atoms with E-state index < -0.39 is 11.9 Å². The van der Waals surface area contributed by atoms with Gasteiger partial charge >= 0.3 is 11.9 Å². The lowest BCUT2D eigenvalue weighted by Crippen LogP contribution is -2.13. The van der Waals surface area contributed by atoms with Gasteiger partial charge in [-0.3, -0.25) is 4.79 Å². The molecule has 2 aromatic carbocycles. The Morgan fingerprint density at radius 1 is 1.10 bits per heavy atom. The zero-order valence-corrected chi connectivity index (χ0v) is 16.1. The van der Waals surface area contributed by atoms with Crippen molar-refractivity contribution in [2.75, 3.05) is 5.32 Å². The zero-order chi connectivity index (χ0) is 20.0. The van der Waals surface area contributed by atoms with Crippen LogP contribution in [0.15, 0.2) is 52.3 Å². The number of amides is 1. The molecule has 7 heteroatoms. The van der Waals surface area contributed by atoms with Crippen LogP contribution in [0.4, 0.5) is 5.00 Å². The Hall–Kier alpha value is -3.45. The largest absolute Gasteiger partial charge is 0.478 e. The molecule has 144 valence electrons. The smallest absolute Gasteiger partial charge is 0.339 e. The molecule has 29 heavy (non-hydrogen) atoms. The standard InChI is InChI=1S/C22H16N2O4S/c25-19(20-23-16-6-1-2-7-17(16)28-20)24-21-18(22(26)27)15(11-29-21)14-9-8-12-4-3-5-13(12)10-14/h1-2,6-11H,3-5H2,(H,24,25)(H,26,27). The number of rotatable bonds is 4. The minimum absolute atomic E-state index is 0.0809. The Bertz CT molecular complexity index is 1240. The summed E-state index contributed by atoms with van der Waals surface area (Å²) in [7, 11) is 0. The number of carboxylic acid groups (broad SMARTS) is 1. The number of anilines is 1. The van der Waals surface area contributed by atoms with Gasteiger partial charge in [-0.25, -0.2) is 9.78 Å². The van der Waals surface area contributed by atoms with Crippen LogP contribution >= 0.6 is 11.3 Å². The van der Waals surface area contributed by atoms with Gasteiger partial charge in [0.1, 0.15) is 16.1 Å². The molecule has 2 heterocycles. The fourth-order valence-electron chi connectivity index (χ4n) is 3.74. The van der Waals surface area contributed by atoms with E-state index in [0.29, 0.717) is 16.7 Å². The number of carbonyl (C=O) groups is 2. The van der Waals surface area contributed by atoms with Gasteiger partial charge in [-0.05, 0) is 48.1 Å². The topological polar surface area (TPSA) is 92.4 Å². The van der Waals surface area contributed by atoms with Crippen LogP contribution in [0.25, 0.3) is 22.2 Å². The van der Waals surface area contributed by atoms with Gasteiger partial charge in [-0.2, -0.15) is 0 Å². The molecule has 1 aliphatic rings. The fraction of sp³-hybridized carbons (Fsp3) is 0.136. The van der Waals surface area contributed by atoms with Crippen LogP contribution < -0.4 is 5.32 Å². The molecule has 0 saturated heterocycles. The van der Waals surface area contributed by atoms with E-state index in [2.05, 4.69) is 22.4 Å². The Labute approximate surface area is 169 Å². The molecule has 1 aliphatic carbocycles. The quantitative estimate of drug-likeness (QED) is 0.500. The van der Waals surface area contributed by atoms with Crippen LogP contribution in [0.2, 0.25) is 0 Å². The Kier molecular flexibility index (Phi) is 4.17. The first-order valence-electron chi connectivity index (χ1n) is 9.24. The van der Waals surface area contributed by atoms with Crippen molar-refractivity contribution in [3.8, 4) is 11.1 Å². The lowest BCUT2D eigenvalue weighted by Gasteiger charge is -2.06. The molecule has 0 radical (unpaired) electrons. The number of aryl methyl sites for hydroxylation is 2. The normalized spacial score (nSPS) is 12.8. The predicted octanol–water partition coefficient (Wildman–Crippen LogP) is 5.00. The van der Waals surface area contributed by atoms with E-state index in [-0.39, 0.29) is 16.5 Å². The average molecular weight is 404 g/mol. The van der Waals surface area contributed by atoms with E-state index in [0.717, 1.165) is 24.8 Å². The van der Waals surface area contributed by atoms with Crippen molar-refractivity contribution in [2.45, 2.75) is 19.3 Å². The van der Waals surface area contributed by atoms with E-state index in [1.54, 1.807) is 29.6 Å². The third-order valence-corrected chi connectivity index (χ3v) is 6.03. The molecule has 0 spiro atoms. The highest BCUT2D eigenvalue weighted by molar-refractivity contribution is 7.15. The van der Waals surface area contributed by atoms with Gasteiger partial charge in [0.05, 0.1) is 0 Å². The third kappa shape index (κ3) is 3.09. The summed E-state index contributed by atoms with van der Waals surface area (Å²) in [6.07, 6.45) is 3.20. The Balaban J connectivity index is 1.49. The molecule has 6 nitrogen and oxygen atoms in total. The van der Waals surface area contributed by atoms with Crippen molar-refractivity contribution in [1.82, 2.24) is 4.98 Å². The number of para-hydroxylation sites is 2. The summed E-state index contributed by atoms with van der Waals surface area (Å²) in [4.78, 5) is 28.8. The lowest BCUT2D eigenvalue weighted by molar-refractivity contribution is 0.0699. The van der Waals surface area contributed by atoms with Crippen LogP contribution in [0, 0.1) is 0 Å². The van der Waals surface area contributed by atoms with Gasteiger partial charge in [0, 0.05) is 10.9 Å². The lowest BCUT2D eigenvalue weighted by atomic mass is 9.99. The number of oxazole rings is 1. The summed E-state index contributed by atoms with van der Waals surface area (Å²) in [6.45, 7) is 0. The summed E-state index contributed by atoms with van der Waals surface area (Å²) in [6, 6.07) is 13.1. The molecular formula is C22H16N2O4S. The number of hydrogen-bond acceptors (Lipinski definition) is 5. The maximum Gasteiger partial charge on any atom is 0.339 e. The van der Waals surface area contributed by atoms with E-state index in [4.69, 9.17) is 4.42 Å². The predicted molar refractivity (Wildman–Crippen MR) is 111 cm³/mol. The maximum absolute atomic E-state index is 12.6. The van der Waals surface area contributed by atoms with Crippen molar-refractivity contribution < 1.29 is 19.1 Å². The van der Waals surface area contributed by atoms with E-state index in [1.165, 1.54) is 22.5 Å². The van der Waals surface area contributed by atoms with E-state index in [1.807, 2.05) is 6.07 Å². The van der Waals surface area contributed by atoms with Gasteiger partial charge in [0.2, 0.25) is 0 Å². The van der Waals surface area contributed by atoms with Crippen molar-refractivity contribution in [1.29, 1.82) is 0 Å². The molecule has 1 amide bonds. The first-order chi connectivity index (χ1) is 14.1. The SMILES string of the molecule is O=C(Nc1scc(-c2ccc3c(c2)CCC3)c1C(=O)O)c1nc2ccccc2o1. The Morgan fingerprint density at radius 3 is 2.76 bits per heavy atom. The third-order valence-electron chi connectivity index (χ3n) is 5.13. The van der Waals surface area contributed by atoms with Crippen LogP contribution in [-0.4, -0.2) is 22.0 Å². The second-order valence-electron chi connectivity index (χ2n) is 6.94. The average Bonchev–Trinajstić information content (AvgIpc) is 3.44. The monoisotopic (exact) mass is 404 g/mol. The van der Waals surface area contributed by atoms with Crippen LogP contribution in [0.5, 0.6) is 0 Å². The van der Waals surface area contributed by atoms with Crippen molar-refractivity contribution in [3.05, 3.63) is 70.4 Å². The first kappa shape index (κ1) is 17.6. The second kappa shape index (κ2) is 6.86. The minimum atomic E-state index is -1.09. The second-order valence-corrected chi connectivity index (χ2v) is 7.82. The molecule has 0 fully saturated rings. The minimum Gasteiger partial charge on any atom is -0.478 e. The number of aromatic nitrogens is 1. The van der Waals surface area contributed by atoms with Gasteiger partial charge in [-0.15, -0.1) is 11.3 Å². The summed E-state index contributed by atoms with van der Waals surface area (Å²) in [5.41, 5.74) is 5.19. The fourth-order valence-corrected chi connectivity index (χ4v) is 4.70. The highest BCUT2D eigenvalue weighted by Crippen LogP contribution is 2.37. The van der Waals surface area contributed by atoms with Crippen molar-refractivity contribution >= 4 is 39.3 Å². The van der Waals surface area contributed by atoms with Crippen LogP contribution in [-0.2, 0) is 12.8 Å². The number of thiophene rings is 1. The number of benzene rings is 2. The number of hydrogen-bond donors (Lipinski definition) is 2. The summed E-state index contributed by atoms with van der Waals surface area (Å²) < 4.78 is 5.48. The summed E-state index contributed by atoms with van der Waals surface area (Å²) in [5.74, 6) is -1.77. The molecule has 0 saturated carbocycles. The van der Waals surface area contributed by atoms with Gasteiger partial charge in [0.25, 0.3) is 5.89 Å². The number of carboxylic acids is 1. The number of nitrogens with zero attached hydrogens (tertiary/aromatic N) is 1. The first-order valence-corrected chi connectivity index (χ1v) is 10.1. The highest BCUT2D eigenvalue weighted by atomic mass is 32.1. The van der Waals surface area contributed by atoms with Crippen molar-refractivity contribution in [2.24, 2.45) is 0 Å². The number of aromatic carboxylic acids is 1. The maximum atomic E-state index is 12.6. The molecule has 5 rings (SSSR count). The molecule has 0 atom stereocenters. The molecule has 0 unspecified atom stereocenters. The van der Waals surface area contributed by atoms with Gasteiger partial charge in [-0.1, -0.05) is 30.3 Å². The molecule has 4 aromatic rings. The van der Waals surface area contributed by atoms with Gasteiger partial charge in [0.15, 0.2) is 5.58 Å².